The number of nitrogens with zero attached hydrogens (tertiary/aromatic N) is 1. The van der Waals surface area contributed by atoms with E-state index < -0.39 is 21.9 Å². The molecule has 1 N–H and O–H groups in total. The van der Waals surface area contributed by atoms with Crippen molar-refractivity contribution in [1.29, 1.82) is 0 Å². The molecule has 8 nitrogen and oxygen atoms in total. The Kier molecular flexibility index (Phi) is 6.93. The largest absolute Gasteiger partial charge is 0.465 e. The Labute approximate surface area is 207 Å². The molecule has 35 heavy (non-hydrogen) atoms. The standard InChI is InChI=1S/C25H21ClN2O6S/c1-16-23(25(30)33-2)22(24(29)28(16)18-10-8-17(26)9-11-18)14-19-12-13-20(34-19)15-27-35(31,32)21-6-4-3-5-7-21/h3-14,27H,15H2,1-2H3/b22-14+. The highest BCUT2D eigenvalue weighted by Gasteiger charge is 2.38. The molecule has 2 aromatic carbocycles. The molecule has 3 aromatic rings. The fourth-order valence-electron chi connectivity index (χ4n) is 3.64. The van der Waals surface area contributed by atoms with Crippen LogP contribution < -0.4 is 9.62 Å². The van der Waals surface area contributed by atoms with Crippen molar-refractivity contribution in [1.82, 2.24) is 4.72 Å². The molecule has 180 valence electrons. The second-order valence-corrected chi connectivity index (χ2v) is 9.77. The van der Waals surface area contributed by atoms with Gasteiger partial charge in [-0.2, -0.15) is 0 Å². The van der Waals surface area contributed by atoms with Gasteiger partial charge in [0.05, 0.1) is 29.7 Å². The maximum atomic E-state index is 13.3. The zero-order valence-electron chi connectivity index (χ0n) is 18.8. The normalized spacial score (nSPS) is 15.2. The summed E-state index contributed by atoms with van der Waals surface area (Å²) in [5, 5.41) is 0.511. The van der Waals surface area contributed by atoms with Crippen molar-refractivity contribution >= 4 is 45.3 Å². The summed E-state index contributed by atoms with van der Waals surface area (Å²) in [7, 11) is -2.48. The van der Waals surface area contributed by atoms with E-state index in [4.69, 9.17) is 20.8 Å². The number of hydrogen-bond acceptors (Lipinski definition) is 6. The highest BCUT2D eigenvalue weighted by molar-refractivity contribution is 7.89. The number of rotatable bonds is 7. The molecule has 2 heterocycles. The van der Waals surface area contributed by atoms with Gasteiger partial charge < -0.3 is 9.15 Å². The van der Waals surface area contributed by atoms with Gasteiger partial charge >= 0.3 is 5.97 Å². The van der Waals surface area contributed by atoms with E-state index in [2.05, 4.69) is 4.72 Å². The van der Waals surface area contributed by atoms with Crippen LogP contribution >= 0.6 is 11.6 Å². The lowest BCUT2D eigenvalue weighted by molar-refractivity contribution is -0.136. The molecule has 0 unspecified atom stereocenters. The number of furan rings is 1. The number of ether oxygens (including phenoxy) is 1. The number of sulfonamides is 1. The van der Waals surface area contributed by atoms with Crippen LogP contribution in [0.1, 0.15) is 18.4 Å². The van der Waals surface area contributed by atoms with Crippen LogP contribution in [0.3, 0.4) is 0 Å². The van der Waals surface area contributed by atoms with Crippen molar-refractivity contribution in [2.24, 2.45) is 0 Å². The minimum absolute atomic E-state index is 0.0927. The van der Waals surface area contributed by atoms with Crippen molar-refractivity contribution in [3.05, 3.63) is 100 Å². The molecule has 1 aromatic heterocycles. The van der Waals surface area contributed by atoms with Crippen molar-refractivity contribution < 1.29 is 27.2 Å². The number of halogens is 1. The zero-order chi connectivity index (χ0) is 25.2. The van der Waals surface area contributed by atoms with Gasteiger partial charge in [0.25, 0.3) is 5.91 Å². The second kappa shape index (κ2) is 9.91. The van der Waals surface area contributed by atoms with Crippen molar-refractivity contribution in [2.75, 3.05) is 12.0 Å². The molecular formula is C25H21ClN2O6S. The highest BCUT2D eigenvalue weighted by Crippen LogP contribution is 2.36. The Morgan fingerprint density at radius 3 is 2.43 bits per heavy atom. The lowest BCUT2D eigenvalue weighted by Crippen LogP contribution is -2.24. The molecule has 0 radical (unpaired) electrons. The summed E-state index contributed by atoms with van der Waals surface area (Å²) in [5.74, 6) is -0.500. The molecule has 0 spiro atoms. The van der Waals surface area contributed by atoms with Gasteiger partial charge in [-0.25, -0.2) is 17.9 Å². The molecule has 4 rings (SSSR count). The molecule has 0 atom stereocenters. The molecule has 0 fully saturated rings. The fourth-order valence-corrected chi connectivity index (χ4v) is 4.78. The Bertz CT molecular complexity index is 1440. The molecule has 0 saturated carbocycles. The number of carbonyl (C=O) groups is 2. The molecule has 1 amide bonds. The van der Waals surface area contributed by atoms with Crippen molar-refractivity contribution in [3.8, 4) is 0 Å². The van der Waals surface area contributed by atoms with E-state index >= 15 is 0 Å². The van der Waals surface area contributed by atoms with E-state index in [0.717, 1.165) is 0 Å². The van der Waals surface area contributed by atoms with E-state index in [1.807, 2.05) is 0 Å². The monoisotopic (exact) mass is 512 g/mol. The minimum Gasteiger partial charge on any atom is -0.465 e. The average molecular weight is 513 g/mol. The van der Waals surface area contributed by atoms with Crippen LogP contribution in [0.15, 0.2) is 92.9 Å². The summed E-state index contributed by atoms with van der Waals surface area (Å²) in [6.45, 7) is 1.55. The Balaban J connectivity index is 1.60. The Hall–Kier alpha value is -3.66. The van der Waals surface area contributed by atoms with Gasteiger partial charge in [0, 0.05) is 16.4 Å². The highest BCUT2D eigenvalue weighted by atomic mass is 35.5. The molecule has 1 aliphatic heterocycles. The predicted octanol–water partition coefficient (Wildman–Crippen LogP) is 4.29. The van der Waals surface area contributed by atoms with E-state index in [1.165, 1.54) is 30.2 Å². The molecule has 0 saturated heterocycles. The van der Waals surface area contributed by atoms with Gasteiger partial charge in [-0.15, -0.1) is 0 Å². The lowest BCUT2D eigenvalue weighted by Gasteiger charge is -2.17. The van der Waals surface area contributed by atoms with Gasteiger partial charge in [0.1, 0.15) is 11.5 Å². The average Bonchev–Trinajstić information content (AvgIpc) is 3.40. The second-order valence-electron chi connectivity index (χ2n) is 7.57. The summed E-state index contributed by atoms with van der Waals surface area (Å²) >= 11 is 5.96. The molecule has 0 aliphatic carbocycles. The van der Waals surface area contributed by atoms with Gasteiger partial charge in [-0.1, -0.05) is 29.8 Å². The van der Waals surface area contributed by atoms with Crippen LogP contribution in [0.25, 0.3) is 6.08 Å². The maximum Gasteiger partial charge on any atom is 0.340 e. The third-order valence-electron chi connectivity index (χ3n) is 5.33. The first-order valence-corrected chi connectivity index (χ1v) is 12.3. The topological polar surface area (TPSA) is 106 Å². The van der Waals surface area contributed by atoms with E-state index in [1.54, 1.807) is 61.5 Å². The number of methoxy groups -OCH3 is 1. The molecule has 1 aliphatic rings. The number of allylic oxidation sites excluding steroid dienone is 1. The first kappa shape index (κ1) is 24.5. The number of benzene rings is 2. The fraction of sp³-hybridized carbons (Fsp3) is 0.120. The van der Waals surface area contributed by atoms with Gasteiger partial charge in [0.2, 0.25) is 10.0 Å². The molecule has 0 bridgehead atoms. The number of hydrogen-bond donors (Lipinski definition) is 1. The quantitative estimate of drug-likeness (QED) is 0.374. The predicted molar refractivity (Wildman–Crippen MR) is 131 cm³/mol. The Morgan fingerprint density at radius 2 is 1.77 bits per heavy atom. The third-order valence-corrected chi connectivity index (χ3v) is 7.00. The van der Waals surface area contributed by atoms with Crippen LogP contribution in [0.2, 0.25) is 5.02 Å². The van der Waals surface area contributed by atoms with Gasteiger partial charge in [0.15, 0.2) is 0 Å². The smallest absolute Gasteiger partial charge is 0.340 e. The number of esters is 1. The summed E-state index contributed by atoms with van der Waals surface area (Å²) in [6, 6.07) is 17.8. The minimum atomic E-state index is -3.72. The third kappa shape index (κ3) is 5.07. The number of amides is 1. The summed E-state index contributed by atoms with van der Waals surface area (Å²) < 4.78 is 38.0. The van der Waals surface area contributed by atoms with Crippen LogP contribution in [0.5, 0.6) is 0 Å². The maximum absolute atomic E-state index is 13.3. The first-order chi connectivity index (χ1) is 16.7. The molecule has 10 heteroatoms. The molecular weight excluding hydrogens is 492 g/mol. The van der Waals surface area contributed by atoms with Crippen molar-refractivity contribution in [3.63, 3.8) is 0 Å². The zero-order valence-corrected chi connectivity index (χ0v) is 20.4. The van der Waals surface area contributed by atoms with Crippen LogP contribution in [-0.2, 0) is 30.9 Å². The number of anilines is 1. The number of carbonyl (C=O) groups excluding carboxylic acids is 2. The lowest BCUT2D eigenvalue weighted by atomic mass is 10.1. The Morgan fingerprint density at radius 1 is 1.09 bits per heavy atom. The van der Waals surface area contributed by atoms with Crippen LogP contribution in [-0.4, -0.2) is 27.4 Å². The summed E-state index contributed by atoms with van der Waals surface area (Å²) in [5.41, 5.74) is 1.14. The first-order valence-electron chi connectivity index (χ1n) is 10.5. The van der Waals surface area contributed by atoms with Crippen LogP contribution in [0.4, 0.5) is 5.69 Å². The van der Waals surface area contributed by atoms with Gasteiger partial charge in [-0.05, 0) is 61.5 Å². The SMILES string of the molecule is COC(=O)C1=C(C)N(c2ccc(Cl)cc2)C(=O)/C1=C/c1ccc(CNS(=O)(=O)c2ccccc2)o1. The van der Waals surface area contributed by atoms with Gasteiger partial charge in [-0.3, -0.25) is 9.69 Å². The number of nitrogens with one attached hydrogen (secondary N) is 1. The summed E-state index contributed by atoms with van der Waals surface area (Å²) in [6.07, 6.45) is 1.43. The van der Waals surface area contributed by atoms with Crippen molar-refractivity contribution in [2.45, 2.75) is 18.4 Å². The van der Waals surface area contributed by atoms with E-state index in [-0.39, 0.29) is 28.3 Å². The van der Waals surface area contributed by atoms with E-state index in [9.17, 15) is 18.0 Å². The summed E-state index contributed by atoms with van der Waals surface area (Å²) in [4.78, 5) is 27.4. The van der Waals surface area contributed by atoms with Crippen LogP contribution in [0, 0.1) is 0 Å². The van der Waals surface area contributed by atoms with E-state index in [0.29, 0.717) is 22.2 Å².